The maximum absolute atomic E-state index is 13.0. The van der Waals surface area contributed by atoms with Crippen LogP contribution in [0.1, 0.15) is 85.0 Å². The fourth-order valence-electron chi connectivity index (χ4n) is 5.01. The first-order valence-corrected chi connectivity index (χ1v) is 12.4. The number of Topliss-reactive ketones (excluding diaryl/α,β-unsaturated/α-hetero) is 1. The van der Waals surface area contributed by atoms with Crippen LogP contribution in [0.4, 0.5) is 5.69 Å². The number of anilines is 1. The van der Waals surface area contributed by atoms with E-state index in [1.165, 1.54) is 63.0 Å². The van der Waals surface area contributed by atoms with Gasteiger partial charge in [0.15, 0.2) is 12.4 Å². The Balaban J connectivity index is 1.23. The van der Waals surface area contributed by atoms with E-state index in [1.54, 1.807) is 36.4 Å². The Labute approximate surface area is 215 Å². The van der Waals surface area contributed by atoms with Crippen molar-refractivity contribution >= 4 is 29.3 Å². The zero-order chi connectivity index (χ0) is 25.9. The van der Waals surface area contributed by atoms with Crippen LogP contribution in [0.5, 0.6) is 5.75 Å². The van der Waals surface area contributed by atoms with Crippen molar-refractivity contribution in [3.63, 3.8) is 0 Å². The molecule has 0 atom stereocenters. The number of ketones is 1. The quantitative estimate of drug-likeness (QED) is 0.240. The third kappa shape index (κ3) is 4.89. The number of esters is 1. The number of rotatable bonds is 7. The molecule has 5 rings (SSSR count). The summed E-state index contributed by atoms with van der Waals surface area (Å²) in [5, 5.41) is 0. The molecule has 3 aromatic rings. The molecule has 0 N–H and O–H groups in total. The van der Waals surface area contributed by atoms with Crippen LogP contribution in [0.15, 0.2) is 66.7 Å². The lowest BCUT2D eigenvalue weighted by atomic mass is 9.84. The molecule has 2 amide bonds. The van der Waals surface area contributed by atoms with Gasteiger partial charge in [-0.15, -0.1) is 0 Å². The van der Waals surface area contributed by atoms with E-state index in [-0.39, 0.29) is 22.5 Å². The normalized spacial score (nSPS) is 15.4. The molecule has 0 aromatic heterocycles. The number of hydrogen-bond acceptors (Lipinski definition) is 6. The second-order valence-corrected chi connectivity index (χ2v) is 9.36. The van der Waals surface area contributed by atoms with Crippen LogP contribution in [0.2, 0.25) is 0 Å². The Morgan fingerprint density at radius 1 is 0.811 bits per heavy atom. The van der Waals surface area contributed by atoms with Crippen LogP contribution in [-0.2, 0) is 4.74 Å². The van der Waals surface area contributed by atoms with Gasteiger partial charge in [0.2, 0.25) is 0 Å². The van der Waals surface area contributed by atoms with Gasteiger partial charge in [-0.1, -0.05) is 43.5 Å². The molecule has 1 aliphatic carbocycles. The predicted molar refractivity (Wildman–Crippen MR) is 137 cm³/mol. The number of nitrogens with zero attached hydrogens (tertiary/aromatic N) is 1. The van der Waals surface area contributed by atoms with Gasteiger partial charge < -0.3 is 9.47 Å². The van der Waals surface area contributed by atoms with Gasteiger partial charge in [0.05, 0.1) is 29.5 Å². The zero-order valence-electron chi connectivity index (χ0n) is 20.6. The highest BCUT2D eigenvalue weighted by molar-refractivity contribution is 6.34. The molecule has 0 radical (unpaired) electrons. The molecule has 0 saturated heterocycles. The highest BCUT2D eigenvalue weighted by Gasteiger charge is 2.37. The van der Waals surface area contributed by atoms with Crippen LogP contribution in [0, 0.1) is 0 Å². The zero-order valence-corrected chi connectivity index (χ0v) is 20.6. The molecule has 3 aromatic carbocycles. The molecule has 7 heteroatoms. The Kier molecular flexibility index (Phi) is 6.86. The van der Waals surface area contributed by atoms with E-state index in [0.717, 1.165) is 4.90 Å². The third-order valence-corrected chi connectivity index (χ3v) is 7.10. The number of carbonyl (C=O) groups excluding carboxylic acids is 4. The summed E-state index contributed by atoms with van der Waals surface area (Å²) in [7, 11) is 1.53. The van der Waals surface area contributed by atoms with Crippen molar-refractivity contribution < 1.29 is 28.7 Å². The molecule has 188 valence electrons. The maximum atomic E-state index is 13.0. The molecule has 1 heterocycles. The average molecular weight is 498 g/mol. The van der Waals surface area contributed by atoms with Crippen molar-refractivity contribution in [1.29, 1.82) is 0 Å². The lowest BCUT2D eigenvalue weighted by Crippen LogP contribution is -2.29. The Morgan fingerprint density at radius 3 is 2.14 bits per heavy atom. The summed E-state index contributed by atoms with van der Waals surface area (Å²) in [5.41, 5.74) is 2.53. The summed E-state index contributed by atoms with van der Waals surface area (Å²) in [6.07, 6.45) is 6.12. The summed E-state index contributed by atoms with van der Waals surface area (Å²) in [6.45, 7) is -0.413. The SMILES string of the molecule is COc1ccc(N2C(=O)c3ccc(C(=O)OCC(=O)c4ccc(C5CCCCC5)cc4)cc3C2=O)cc1. The van der Waals surface area contributed by atoms with Crippen LogP contribution in [-0.4, -0.2) is 37.3 Å². The summed E-state index contributed by atoms with van der Waals surface area (Å²) < 4.78 is 10.4. The molecular formula is C30H27NO6. The molecule has 37 heavy (non-hydrogen) atoms. The van der Waals surface area contributed by atoms with Crippen LogP contribution in [0.3, 0.4) is 0 Å². The van der Waals surface area contributed by atoms with Crippen molar-refractivity contribution in [2.75, 3.05) is 18.6 Å². The number of hydrogen-bond donors (Lipinski definition) is 0. The minimum absolute atomic E-state index is 0.0944. The van der Waals surface area contributed by atoms with Crippen molar-refractivity contribution in [2.45, 2.75) is 38.0 Å². The molecular weight excluding hydrogens is 470 g/mol. The second-order valence-electron chi connectivity index (χ2n) is 9.36. The monoisotopic (exact) mass is 497 g/mol. The van der Waals surface area contributed by atoms with E-state index >= 15 is 0 Å². The van der Waals surface area contributed by atoms with Gasteiger partial charge in [-0.05, 0) is 66.8 Å². The van der Waals surface area contributed by atoms with Gasteiger partial charge in [0.25, 0.3) is 11.8 Å². The largest absolute Gasteiger partial charge is 0.497 e. The molecule has 1 aliphatic heterocycles. The van der Waals surface area contributed by atoms with E-state index < -0.39 is 24.4 Å². The first kappa shape index (κ1) is 24.4. The number of benzene rings is 3. The van der Waals surface area contributed by atoms with E-state index in [0.29, 0.717) is 22.9 Å². The molecule has 0 unspecified atom stereocenters. The average Bonchev–Trinajstić information content (AvgIpc) is 3.21. The van der Waals surface area contributed by atoms with E-state index in [4.69, 9.17) is 9.47 Å². The number of amides is 2. The molecule has 1 saturated carbocycles. The number of fused-ring (bicyclic) bond motifs is 1. The van der Waals surface area contributed by atoms with Crippen molar-refractivity contribution in [1.82, 2.24) is 0 Å². The summed E-state index contributed by atoms with van der Waals surface area (Å²) in [6, 6.07) is 18.3. The first-order valence-electron chi connectivity index (χ1n) is 12.4. The van der Waals surface area contributed by atoms with Gasteiger partial charge in [0.1, 0.15) is 5.75 Å². The minimum Gasteiger partial charge on any atom is -0.497 e. The van der Waals surface area contributed by atoms with Crippen molar-refractivity contribution in [3.05, 3.63) is 94.5 Å². The Morgan fingerprint density at radius 2 is 1.46 bits per heavy atom. The van der Waals surface area contributed by atoms with Crippen LogP contribution in [0.25, 0.3) is 0 Å². The Hall–Kier alpha value is -4.26. The summed E-state index contributed by atoms with van der Waals surface area (Å²) in [4.78, 5) is 52.2. The van der Waals surface area contributed by atoms with E-state index in [1.807, 2.05) is 12.1 Å². The fraction of sp³-hybridized carbons (Fsp3) is 0.267. The lowest BCUT2D eigenvalue weighted by Gasteiger charge is -2.22. The standard InChI is InChI=1S/C30H27NO6/c1-36-24-14-12-23(13-15-24)31-28(33)25-16-11-22(17-26(25)29(31)34)30(35)37-18-27(32)21-9-7-20(8-10-21)19-5-3-2-4-6-19/h7-17,19H,2-6,18H2,1H3. The summed E-state index contributed by atoms with van der Waals surface area (Å²) >= 11 is 0. The maximum Gasteiger partial charge on any atom is 0.338 e. The van der Waals surface area contributed by atoms with Crippen molar-refractivity contribution in [3.8, 4) is 5.75 Å². The van der Waals surface area contributed by atoms with E-state index in [2.05, 4.69) is 0 Å². The minimum atomic E-state index is -0.738. The van der Waals surface area contributed by atoms with Gasteiger partial charge >= 0.3 is 5.97 Å². The van der Waals surface area contributed by atoms with Gasteiger partial charge in [-0.25, -0.2) is 9.69 Å². The fourth-order valence-corrected chi connectivity index (χ4v) is 5.01. The topological polar surface area (TPSA) is 90.0 Å². The number of methoxy groups -OCH3 is 1. The van der Waals surface area contributed by atoms with E-state index in [9.17, 15) is 19.2 Å². The smallest absolute Gasteiger partial charge is 0.338 e. The highest BCUT2D eigenvalue weighted by Crippen LogP contribution is 2.33. The molecule has 2 aliphatic rings. The lowest BCUT2D eigenvalue weighted by molar-refractivity contribution is 0.0474. The van der Waals surface area contributed by atoms with Gasteiger partial charge in [-0.3, -0.25) is 14.4 Å². The molecule has 7 nitrogen and oxygen atoms in total. The molecule has 0 spiro atoms. The Bertz CT molecular complexity index is 1350. The molecule has 0 bridgehead atoms. The number of carbonyl (C=O) groups is 4. The first-order chi connectivity index (χ1) is 18.0. The van der Waals surface area contributed by atoms with Crippen molar-refractivity contribution in [2.24, 2.45) is 0 Å². The third-order valence-electron chi connectivity index (χ3n) is 7.10. The predicted octanol–water partition coefficient (Wildman–Crippen LogP) is 5.58. The van der Waals surface area contributed by atoms with Gasteiger partial charge in [0, 0.05) is 5.56 Å². The van der Waals surface area contributed by atoms with Gasteiger partial charge in [-0.2, -0.15) is 0 Å². The highest BCUT2D eigenvalue weighted by atomic mass is 16.5. The molecule has 1 fully saturated rings. The number of ether oxygens (including phenoxy) is 2. The van der Waals surface area contributed by atoms with Crippen LogP contribution < -0.4 is 9.64 Å². The second kappa shape index (κ2) is 10.4. The summed E-state index contributed by atoms with van der Waals surface area (Å²) in [5.74, 6) is -0.906. The number of imide groups is 1. The van der Waals surface area contributed by atoms with Crippen LogP contribution >= 0.6 is 0 Å².